The van der Waals surface area contributed by atoms with E-state index in [1.165, 1.54) is 24.8 Å². The summed E-state index contributed by atoms with van der Waals surface area (Å²) in [7, 11) is 0. The summed E-state index contributed by atoms with van der Waals surface area (Å²) in [6.07, 6.45) is 11.0. The van der Waals surface area contributed by atoms with Crippen LogP contribution in [0.25, 0.3) is 0 Å². The van der Waals surface area contributed by atoms with Crippen molar-refractivity contribution in [2.45, 2.75) is 51.7 Å². The molecule has 0 amide bonds. The minimum Gasteiger partial charge on any atom is -0.388 e. The van der Waals surface area contributed by atoms with Gasteiger partial charge in [-0.2, -0.15) is 0 Å². The van der Waals surface area contributed by atoms with Crippen molar-refractivity contribution in [2.75, 3.05) is 0 Å². The maximum absolute atomic E-state index is 10.0. The van der Waals surface area contributed by atoms with Gasteiger partial charge in [-0.05, 0) is 36.8 Å². The fraction of sp³-hybridized carbons (Fsp3) is 0.533. The minimum absolute atomic E-state index is 0.271. The quantitative estimate of drug-likeness (QED) is 0.743. The Morgan fingerprint density at radius 3 is 2.84 bits per heavy atom. The third kappa shape index (κ3) is 4.80. The third-order valence-corrected chi connectivity index (χ3v) is 4.43. The predicted octanol–water partition coefficient (Wildman–Crippen LogP) is 3.94. The first-order chi connectivity index (χ1) is 9.25. The number of aryl methyl sites for hydroxylation is 2. The summed E-state index contributed by atoms with van der Waals surface area (Å²) in [6.45, 7) is 3.12. The Morgan fingerprint density at radius 2 is 2.16 bits per heavy atom. The van der Waals surface area contributed by atoms with E-state index in [1.807, 2.05) is 18.7 Å². The van der Waals surface area contributed by atoms with Crippen LogP contribution in [0, 0.1) is 6.92 Å². The number of hydrogen-bond acceptors (Lipinski definition) is 3. The van der Waals surface area contributed by atoms with Gasteiger partial charge in [-0.25, -0.2) is 4.98 Å². The van der Waals surface area contributed by atoms with E-state index in [1.54, 1.807) is 11.3 Å². The van der Waals surface area contributed by atoms with Gasteiger partial charge in [0.25, 0.3) is 0 Å². The molecule has 0 aromatic carbocycles. The molecule has 0 bridgehead atoms. The van der Waals surface area contributed by atoms with Crippen LogP contribution in [0.4, 0.5) is 0 Å². The van der Waals surface area contributed by atoms with Crippen LogP contribution in [0.15, 0.2) is 30.2 Å². The van der Waals surface area contributed by atoms with Gasteiger partial charge in [0.05, 0.1) is 12.4 Å². The molecule has 0 radical (unpaired) electrons. The molecule has 0 saturated heterocycles. The Hall–Kier alpha value is -1.13. The van der Waals surface area contributed by atoms with Crippen molar-refractivity contribution in [1.29, 1.82) is 0 Å². The first-order valence-corrected chi connectivity index (χ1v) is 7.82. The molecule has 1 unspecified atom stereocenters. The van der Waals surface area contributed by atoms with Gasteiger partial charge < -0.3 is 9.67 Å². The summed E-state index contributed by atoms with van der Waals surface area (Å²) < 4.78 is 2.11. The summed E-state index contributed by atoms with van der Waals surface area (Å²) in [5.74, 6) is 0. The van der Waals surface area contributed by atoms with Crippen LogP contribution in [0.3, 0.4) is 0 Å². The van der Waals surface area contributed by atoms with E-state index in [-0.39, 0.29) is 6.10 Å². The molecule has 19 heavy (non-hydrogen) atoms. The van der Waals surface area contributed by atoms with Gasteiger partial charge >= 0.3 is 0 Å². The van der Waals surface area contributed by atoms with E-state index in [0.29, 0.717) is 0 Å². The molecule has 3 nitrogen and oxygen atoms in total. The van der Waals surface area contributed by atoms with Crippen molar-refractivity contribution >= 4 is 11.3 Å². The maximum Gasteiger partial charge on any atom is 0.0945 e. The molecule has 1 N–H and O–H groups in total. The van der Waals surface area contributed by atoms with Crippen LogP contribution in [0.1, 0.15) is 48.6 Å². The molecule has 0 aliphatic heterocycles. The van der Waals surface area contributed by atoms with Crippen LogP contribution in [-0.2, 0) is 6.54 Å². The second kappa shape index (κ2) is 7.46. The number of aromatic nitrogens is 2. The Kier molecular flexibility index (Phi) is 5.61. The van der Waals surface area contributed by atoms with E-state index < -0.39 is 0 Å². The van der Waals surface area contributed by atoms with Gasteiger partial charge in [0, 0.05) is 23.8 Å². The molecule has 0 aliphatic carbocycles. The van der Waals surface area contributed by atoms with Crippen LogP contribution >= 0.6 is 11.3 Å². The zero-order valence-corrected chi connectivity index (χ0v) is 12.3. The molecule has 1 atom stereocenters. The molecule has 104 valence electrons. The van der Waals surface area contributed by atoms with E-state index in [2.05, 4.69) is 27.9 Å². The van der Waals surface area contributed by atoms with Crippen molar-refractivity contribution in [1.82, 2.24) is 9.55 Å². The highest BCUT2D eigenvalue weighted by molar-refractivity contribution is 7.10. The topological polar surface area (TPSA) is 38.0 Å². The van der Waals surface area contributed by atoms with Crippen LogP contribution in [-0.4, -0.2) is 14.7 Å². The predicted molar refractivity (Wildman–Crippen MR) is 79.3 cm³/mol. The van der Waals surface area contributed by atoms with Gasteiger partial charge in [-0.1, -0.05) is 19.3 Å². The van der Waals surface area contributed by atoms with E-state index in [4.69, 9.17) is 0 Å². The monoisotopic (exact) mass is 278 g/mol. The molecule has 2 aromatic heterocycles. The molecular weight excluding hydrogens is 256 g/mol. The highest BCUT2D eigenvalue weighted by Gasteiger charge is 2.08. The lowest BCUT2D eigenvalue weighted by molar-refractivity contribution is 0.167. The summed E-state index contributed by atoms with van der Waals surface area (Å²) in [5.41, 5.74) is 1.25. The summed E-state index contributed by atoms with van der Waals surface area (Å²) in [5, 5.41) is 12.1. The van der Waals surface area contributed by atoms with Crippen molar-refractivity contribution in [3.63, 3.8) is 0 Å². The maximum atomic E-state index is 10.0. The first-order valence-electron chi connectivity index (χ1n) is 6.94. The second-order valence-electron chi connectivity index (χ2n) is 5.05. The number of rotatable bonds is 8. The SMILES string of the molecule is Cc1csc(C(O)CCCCCCn2ccnc2)c1. The largest absolute Gasteiger partial charge is 0.388 e. The van der Waals surface area contributed by atoms with Gasteiger partial charge in [0.2, 0.25) is 0 Å². The number of unbranched alkanes of at least 4 members (excludes halogenated alkanes) is 3. The van der Waals surface area contributed by atoms with Crippen LogP contribution < -0.4 is 0 Å². The van der Waals surface area contributed by atoms with Gasteiger partial charge in [-0.3, -0.25) is 0 Å². The number of hydrogen-bond donors (Lipinski definition) is 1. The fourth-order valence-electron chi connectivity index (χ4n) is 2.18. The molecule has 2 aromatic rings. The highest BCUT2D eigenvalue weighted by atomic mass is 32.1. The highest BCUT2D eigenvalue weighted by Crippen LogP contribution is 2.25. The van der Waals surface area contributed by atoms with Crippen molar-refractivity contribution < 1.29 is 5.11 Å². The molecule has 0 aliphatic rings. The zero-order valence-electron chi connectivity index (χ0n) is 11.5. The van der Waals surface area contributed by atoms with Gasteiger partial charge in [0.15, 0.2) is 0 Å². The Bertz CT molecular complexity index is 464. The molecule has 0 saturated carbocycles. The van der Waals surface area contributed by atoms with Crippen molar-refractivity contribution in [3.8, 4) is 0 Å². The molecule has 4 heteroatoms. The number of nitrogens with zero attached hydrogens (tertiary/aromatic N) is 2. The lowest BCUT2D eigenvalue weighted by Crippen LogP contribution is -1.96. The van der Waals surface area contributed by atoms with E-state index in [9.17, 15) is 5.11 Å². The van der Waals surface area contributed by atoms with Gasteiger partial charge in [-0.15, -0.1) is 11.3 Å². The molecule has 2 rings (SSSR count). The molecule has 0 spiro atoms. The van der Waals surface area contributed by atoms with Crippen LogP contribution in [0.2, 0.25) is 0 Å². The zero-order chi connectivity index (χ0) is 13.5. The molecular formula is C15H22N2OS. The number of imidazole rings is 1. The van der Waals surface area contributed by atoms with Gasteiger partial charge in [0.1, 0.15) is 0 Å². The summed E-state index contributed by atoms with van der Waals surface area (Å²) in [4.78, 5) is 5.13. The number of thiophene rings is 1. The Morgan fingerprint density at radius 1 is 1.32 bits per heavy atom. The normalized spacial score (nSPS) is 12.7. The lowest BCUT2D eigenvalue weighted by atomic mass is 10.1. The van der Waals surface area contributed by atoms with Crippen LogP contribution in [0.5, 0.6) is 0 Å². The Balaban J connectivity index is 1.54. The summed E-state index contributed by atoms with van der Waals surface area (Å²) >= 11 is 1.66. The lowest BCUT2D eigenvalue weighted by Gasteiger charge is -2.08. The van der Waals surface area contributed by atoms with E-state index in [0.717, 1.165) is 24.3 Å². The smallest absolute Gasteiger partial charge is 0.0945 e. The summed E-state index contributed by atoms with van der Waals surface area (Å²) in [6, 6.07) is 2.09. The van der Waals surface area contributed by atoms with Crippen molar-refractivity contribution in [3.05, 3.63) is 40.6 Å². The molecule has 0 fully saturated rings. The number of aliphatic hydroxyl groups excluding tert-OH is 1. The standard InChI is InChI=1S/C15H22N2OS/c1-13-10-15(19-11-13)14(18)6-4-2-3-5-8-17-9-7-16-12-17/h7,9-12,14,18H,2-6,8H2,1H3. The third-order valence-electron chi connectivity index (χ3n) is 3.28. The number of aliphatic hydroxyl groups is 1. The molecule has 2 heterocycles. The average Bonchev–Trinajstić information content (AvgIpc) is 3.04. The van der Waals surface area contributed by atoms with Crippen molar-refractivity contribution in [2.24, 2.45) is 0 Å². The Labute approximate surface area is 118 Å². The van der Waals surface area contributed by atoms with E-state index >= 15 is 0 Å². The second-order valence-corrected chi connectivity index (χ2v) is 5.99. The average molecular weight is 278 g/mol. The fourth-order valence-corrected chi connectivity index (χ4v) is 3.09. The first kappa shape index (κ1) is 14.3. The minimum atomic E-state index is -0.271.